The molecule has 0 radical (unpaired) electrons. The van der Waals surface area contributed by atoms with E-state index < -0.39 is 0 Å². The van der Waals surface area contributed by atoms with E-state index in [9.17, 15) is 4.79 Å². The van der Waals surface area contributed by atoms with Crippen molar-refractivity contribution < 1.29 is 4.79 Å². The summed E-state index contributed by atoms with van der Waals surface area (Å²) in [4.78, 5) is 12.3. The van der Waals surface area contributed by atoms with Gasteiger partial charge in [0.05, 0.1) is 0 Å². The molecule has 0 saturated carbocycles. The van der Waals surface area contributed by atoms with Gasteiger partial charge >= 0.3 is 0 Å². The number of hydrogen-bond donors (Lipinski definition) is 0. The first-order chi connectivity index (χ1) is 7.15. The highest BCUT2D eigenvalue weighted by molar-refractivity contribution is 5.74. The Hall–Kier alpha value is -1.57. The summed E-state index contributed by atoms with van der Waals surface area (Å²) in [6.07, 6.45) is 4.08. The predicted molar refractivity (Wildman–Crippen MR) is 65.1 cm³/mol. The maximum absolute atomic E-state index is 10.1. The van der Waals surface area contributed by atoms with E-state index in [0.29, 0.717) is 6.04 Å². The molecule has 0 spiro atoms. The number of carbonyl (C=O) groups excluding carboxylic acids is 1. The molecule has 0 aliphatic heterocycles. The predicted octanol–water partition coefficient (Wildman–Crippen LogP) is 2.74. The summed E-state index contributed by atoms with van der Waals surface area (Å²) in [5.41, 5.74) is 2.23. The fourth-order valence-electron chi connectivity index (χ4n) is 1.27. The topological polar surface area (TPSA) is 20.3 Å². The van der Waals surface area contributed by atoms with E-state index in [2.05, 4.69) is 37.9 Å². The quantitative estimate of drug-likeness (QED) is 0.554. The fourth-order valence-corrected chi connectivity index (χ4v) is 1.27. The summed E-state index contributed by atoms with van der Waals surface area (Å²) < 4.78 is 0. The zero-order valence-corrected chi connectivity index (χ0v) is 9.47. The maximum Gasteiger partial charge on any atom is 0.142 e. The lowest BCUT2D eigenvalue weighted by atomic mass is 10.1. The van der Waals surface area contributed by atoms with Gasteiger partial charge in [0.25, 0.3) is 0 Å². The van der Waals surface area contributed by atoms with Crippen LogP contribution in [0.15, 0.2) is 30.3 Å². The van der Waals surface area contributed by atoms with Crippen molar-refractivity contribution in [3.63, 3.8) is 0 Å². The first-order valence-electron chi connectivity index (χ1n) is 5.10. The minimum absolute atomic E-state index is 0.487. The Morgan fingerprint density at radius 2 is 1.80 bits per heavy atom. The van der Waals surface area contributed by atoms with Gasteiger partial charge in [-0.15, -0.1) is 0 Å². The van der Waals surface area contributed by atoms with E-state index in [1.807, 2.05) is 12.1 Å². The second kappa shape index (κ2) is 5.35. The first kappa shape index (κ1) is 11.5. The first-order valence-corrected chi connectivity index (χ1v) is 5.10. The Balaban J connectivity index is 2.80. The molecule has 0 amide bonds. The molecule has 0 fully saturated rings. The molecule has 0 heterocycles. The standard InChI is InChI=1S/C13H17NO/c1-11(2)14(3)13-8-6-12(7-9-13)5-4-10-15/h4-11H,1-3H3/b5-4+. The van der Waals surface area contributed by atoms with Crippen LogP contribution in [0.3, 0.4) is 0 Å². The van der Waals surface area contributed by atoms with E-state index in [-0.39, 0.29) is 0 Å². The number of allylic oxidation sites excluding steroid dienone is 1. The molecule has 1 rings (SSSR count). The Bertz CT molecular complexity index is 338. The summed E-state index contributed by atoms with van der Waals surface area (Å²) in [5, 5.41) is 0. The van der Waals surface area contributed by atoms with Gasteiger partial charge in [0.15, 0.2) is 0 Å². The Morgan fingerprint density at radius 3 is 2.27 bits per heavy atom. The van der Waals surface area contributed by atoms with Gasteiger partial charge in [0.1, 0.15) is 6.29 Å². The normalized spacial score (nSPS) is 10.9. The Morgan fingerprint density at radius 1 is 1.20 bits per heavy atom. The lowest BCUT2D eigenvalue weighted by molar-refractivity contribution is -0.104. The van der Waals surface area contributed by atoms with E-state index in [4.69, 9.17) is 0 Å². The minimum atomic E-state index is 0.487. The highest BCUT2D eigenvalue weighted by Gasteiger charge is 2.03. The molecule has 0 aliphatic rings. The van der Waals surface area contributed by atoms with Crippen LogP contribution in [0.2, 0.25) is 0 Å². The zero-order chi connectivity index (χ0) is 11.3. The Kier molecular flexibility index (Phi) is 4.10. The average Bonchev–Trinajstić information content (AvgIpc) is 2.26. The molecular formula is C13H17NO. The number of hydrogen-bond acceptors (Lipinski definition) is 2. The van der Waals surface area contributed by atoms with Gasteiger partial charge in [-0.1, -0.05) is 18.2 Å². The molecule has 0 bridgehead atoms. The smallest absolute Gasteiger partial charge is 0.142 e. The van der Waals surface area contributed by atoms with Gasteiger partial charge in [-0.05, 0) is 37.6 Å². The van der Waals surface area contributed by atoms with Crippen LogP contribution in [0, 0.1) is 0 Å². The molecule has 0 N–H and O–H groups in total. The second-order valence-electron chi connectivity index (χ2n) is 3.79. The average molecular weight is 203 g/mol. The van der Waals surface area contributed by atoms with Crippen molar-refractivity contribution in [2.45, 2.75) is 19.9 Å². The van der Waals surface area contributed by atoms with E-state index in [1.165, 1.54) is 11.8 Å². The van der Waals surface area contributed by atoms with Crippen molar-refractivity contribution in [1.82, 2.24) is 0 Å². The molecule has 2 heteroatoms. The highest BCUT2D eigenvalue weighted by Crippen LogP contribution is 2.16. The monoisotopic (exact) mass is 203 g/mol. The SMILES string of the molecule is CC(C)N(C)c1ccc(/C=C/C=O)cc1. The minimum Gasteiger partial charge on any atom is -0.372 e. The molecule has 1 aromatic rings. The van der Waals surface area contributed by atoms with Gasteiger partial charge in [0.2, 0.25) is 0 Å². The van der Waals surface area contributed by atoms with Crippen LogP contribution in [-0.2, 0) is 4.79 Å². The van der Waals surface area contributed by atoms with Crippen LogP contribution in [0.1, 0.15) is 19.4 Å². The fraction of sp³-hybridized carbons (Fsp3) is 0.308. The van der Waals surface area contributed by atoms with Crippen LogP contribution in [0.4, 0.5) is 5.69 Å². The molecule has 1 aromatic carbocycles. The third kappa shape index (κ3) is 3.24. The molecule has 2 nitrogen and oxygen atoms in total. The van der Waals surface area contributed by atoms with Crippen LogP contribution >= 0.6 is 0 Å². The van der Waals surface area contributed by atoms with Crippen molar-refractivity contribution in [2.75, 3.05) is 11.9 Å². The van der Waals surface area contributed by atoms with Gasteiger partial charge in [-0.2, -0.15) is 0 Å². The summed E-state index contributed by atoms with van der Waals surface area (Å²) in [5.74, 6) is 0. The van der Waals surface area contributed by atoms with Gasteiger partial charge < -0.3 is 4.90 Å². The number of aldehydes is 1. The second-order valence-corrected chi connectivity index (χ2v) is 3.79. The molecular weight excluding hydrogens is 186 g/mol. The summed E-state index contributed by atoms with van der Waals surface area (Å²) >= 11 is 0. The maximum atomic E-state index is 10.1. The highest BCUT2D eigenvalue weighted by atomic mass is 16.1. The lowest BCUT2D eigenvalue weighted by Crippen LogP contribution is -2.25. The van der Waals surface area contributed by atoms with Gasteiger partial charge in [0, 0.05) is 18.8 Å². The summed E-state index contributed by atoms with van der Waals surface area (Å²) in [6, 6.07) is 8.62. The molecule has 0 atom stereocenters. The molecule has 0 aliphatic carbocycles. The van der Waals surface area contributed by atoms with Crippen molar-refractivity contribution in [1.29, 1.82) is 0 Å². The van der Waals surface area contributed by atoms with Crippen LogP contribution in [0.25, 0.3) is 6.08 Å². The van der Waals surface area contributed by atoms with E-state index in [0.717, 1.165) is 11.8 Å². The van der Waals surface area contributed by atoms with Crippen LogP contribution < -0.4 is 4.90 Å². The van der Waals surface area contributed by atoms with E-state index >= 15 is 0 Å². The number of rotatable bonds is 4. The molecule has 15 heavy (non-hydrogen) atoms. The van der Waals surface area contributed by atoms with Crippen molar-refractivity contribution in [3.8, 4) is 0 Å². The number of nitrogens with zero attached hydrogens (tertiary/aromatic N) is 1. The number of anilines is 1. The van der Waals surface area contributed by atoms with Crippen molar-refractivity contribution in [3.05, 3.63) is 35.9 Å². The van der Waals surface area contributed by atoms with E-state index in [1.54, 1.807) is 6.08 Å². The molecule has 0 saturated heterocycles. The van der Waals surface area contributed by atoms with Crippen molar-refractivity contribution >= 4 is 18.0 Å². The number of benzene rings is 1. The number of carbonyl (C=O) groups is 1. The molecule has 80 valence electrons. The molecule has 0 unspecified atom stereocenters. The third-order valence-electron chi connectivity index (χ3n) is 2.44. The summed E-state index contributed by atoms with van der Waals surface area (Å²) in [6.45, 7) is 4.31. The van der Waals surface area contributed by atoms with Gasteiger partial charge in [-0.3, -0.25) is 4.79 Å². The summed E-state index contributed by atoms with van der Waals surface area (Å²) in [7, 11) is 2.07. The Labute approximate surface area is 91.2 Å². The largest absolute Gasteiger partial charge is 0.372 e. The molecule has 0 aromatic heterocycles. The lowest BCUT2D eigenvalue weighted by Gasteiger charge is -2.23. The van der Waals surface area contributed by atoms with Gasteiger partial charge in [-0.25, -0.2) is 0 Å². The van der Waals surface area contributed by atoms with Crippen molar-refractivity contribution in [2.24, 2.45) is 0 Å². The zero-order valence-electron chi connectivity index (χ0n) is 9.47. The third-order valence-corrected chi connectivity index (χ3v) is 2.44. The van der Waals surface area contributed by atoms with Crippen LogP contribution in [0.5, 0.6) is 0 Å². The van der Waals surface area contributed by atoms with Crippen LogP contribution in [-0.4, -0.2) is 19.4 Å².